The lowest BCUT2D eigenvalue weighted by Gasteiger charge is -2.24. The van der Waals surface area contributed by atoms with E-state index >= 15 is 0 Å². The van der Waals surface area contributed by atoms with E-state index in [1.54, 1.807) is 24.3 Å². The van der Waals surface area contributed by atoms with Crippen LogP contribution in [-0.4, -0.2) is 24.5 Å². The molecule has 1 atom stereocenters. The summed E-state index contributed by atoms with van der Waals surface area (Å²) in [5.74, 6) is -1.82. The molecule has 1 N–H and O–H groups in total. The van der Waals surface area contributed by atoms with Gasteiger partial charge >= 0.3 is 5.97 Å². The van der Waals surface area contributed by atoms with Crippen LogP contribution in [-0.2, 0) is 14.3 Å². The molecule has 1 unspecified atom stereocenters. The number of hydrogen-bond acceptors (Lipinski definition) is 3. The predicted molar refractivity (Wildman–Crippen MR) is 69.1 cm³/mol. The maximum absolute atomic E-state index is 12.1. The van der Waals surface area contributed by atoms with Crippen LogP contribution in [0.5, 0.6) is 0 Å². The van der Waals surface area contributed by atoms with Crippen molar-refractivity contribution in [3.05, 3.63) is 35.9 Å². The van der Waals surface area contributed by atoms with Crippen LogP contribution >= 0.6 is 0 Å². The van der Waals surface area contributed by atoms with Gasteiger partial charge in [0, 0.05) is 5.54 Å². The fraction of sp³-hybridized carbons (Fsp3) is 0.429. The summed E-state index contributed by atoms with van der Waals surface area (Å²) >= 11 is 0. The highest BCUT2D eigenvalue weighted by atomic mass is 16.5. The van der Waals surface area contributed by atoms with Gasteiger partial charge in [0.2, 0.25) is 5.91 Å². The molecule has 0 heterocycles. The quantitative estimate of drug-likeness (QED) is 0.657. The second-order valence-corrected chi connectivity index (χ2v) is 5.11. The second kappa shape index (κ2) is 5.67. The molecule has 0 bridgehead atoms. The molecule has 0 radical (unpaired) electrons. The molecule has 0 saturated heterocycles. The van der Waals surface area contributed by atoms with E-state index in [0.717, 1.165) is 0 Å². The van der Waals surface area contributed by atoms with Crippen molar-refractivity contribution < 1.29 is 14.3 Å². The van der Waals surface area contributed by atoms with Gasteiger partial charge in [-0.25, -0.2) is 0 Å². The Bertz CT molecular complexity index is 420. The third kappa shape index (κ3) is 3.87. The third-order valence-electron chi connectivity index (χ3n) is 2.33. The lowest BCUT2D eigenvalue weighted by molar-refractivity contribution is -0.146. The standard InChI is InChI=1S/C14H19NO3/c1-14(2,3)15-12(16)11(13(17)18-4)10-8-6-5-7-9-10/h5-9,11H,1-4H3,(H,15,16). The van der Waals surface area contributed by atoms with E-state index in [0.29, 0.717) is 5.56 Å². The fourth-order valence-corrected chi connectivity index (χ4v) is 1.60. The normalized spacial score (nSPS) is 12.7. The average molecular weight is 249 g/mol. The molecule has 1 amide bonds. The minimum atomic E-state index is -0.921. The highest BCUT2D eigenvalue weighted by Crippen LogP contribution is 2.18. The molecule has 4 nitrogen and oxygen atoms in total. The number of amides is 1. The van der Waals surface area contributed by atoms with E-state index in [2.05, 4.69) is 5.32 Å². The number of esters is 1. The van der Waals surface area contributed by atoms with Gasteiger partial charge < -0.3 is 10.1 Å². The zero-order chi connectivity index (χ0) is 13.8. The molecule has 1 aromatic rings. The first-order valence-electron chi connectivity index (χ1n) is 5.80. The highest BCUT2D eigenvalue weighted by Gasteiger charge is 2.31. The molecular formula is C14H19NO3. The molecule has 0 aliphatic rings. The van der Waals surface area contributed by atoms with Crippen molar-refractivity contribution >= 4 is 11.9 Å². The molecule has 0 aliphatic heterocycles. The number of methoxy groups -OCH3 is 1. The van der Waals surface area contributed by atoms with Gasteiger partial charge in [0.25, 0.3) is 0 Å². The number of benzene rings is 1. The minimum Gasteiger partial charge on any atom is -0.468 e. The lowest BCUT2D eigenvalue weighted by Crippen LogP contribution is -2.45. The van der Waals surface area contributed by atoms with Gasteiger partial charge in [-0.1, -0.05) is 30.3 Å². The number of carbonyl (C=O) groups excluding carboxylic acids is 2. The summed E-state index contributed by atoms with van der Waals surface area (Å²) < 4.78 is 4.70. The molecule has 0 fully saturated rings. The van der Waals surface area contributed by atoms with Crippen molar-refractivity contribution in [3.8, 4) is 0 Å². The number of nitrogens with one attached hydrogen (secondary N) is 1. The van der Waals surface area contributed by atoms with Gasteiger partial charge in [-0.2, -0.15) is 0 Å². The minimum absolute atomic E-state index is 0.347. The summed E-state index contributed by atoms with van der Waals surface area (Å²) in [5.41, 5.74) is 0.240. The van der Waals surface area contributed by atoms with E-state index < -0.39 is 17.4 Å². The molecule has 4 heteroatoms. The molecule has 0 aromatic heterocycles. The van der Waals surface area contributed by atoms with Crippen LogP contribution in [0.25, 0.3) is 0 Å². The monoisotopic (exact) mass is 249 g/mol. The van der Waals surface area contributed by atoms with Crippen LogP contribution in [0.2, 0.25) is 0 Å². The fourth-order valence-electron chi connectivity index (χ4n) is 1.60. The molecule has 0 aliphatic carbocycles. The van der Waals surface area contributed by atoms with Crippen molar-refractivity contribution in [2.45, 2.75) is 32.2 Å². The Morgan fingerprint density at radius 3 is 2.17 bits per heavy atom. The number of hydrogen-bond donors (Lipinski definition) is 1. The van der Waals surface area contributed by atoms with E-state index in [1.807, 2.05) is 26.8 Å². The first-order valence-corrected chi connectivity index (χ1v) is 5.80. The molecule has 0 saturated carbocycles. The Morgan fingerprint density at radius 1 is 1.17 bits per heavy atom. The summed E-state index contributed by atoms with van der Waals surface area (Å²) in [4.78, 5) is 23.9. The highest BCUT2D eigenvalue weighted by molar-refractivity contribution is 6.03. The lowest BCUT2D eigenvalue weighted by atomic mass is 9.97. The Balaban J connectivity index is 3.00. The van der Waals surface area contributed by atoms with Crippen LogP contribution in [0.15, 0.2) is 30.3 Å². The maximum Gasteiger partial charge on any atom is 0.322 e. The van der Waals surface area contributed by atoms with E-state index in [9.17, 15) is 9.59 Å². The molecule has 1 rings (SSSR count). The Hall–Kier alpha value is -1.84. The Kier molecular flexibility index (Phi) is 4.48. The molecule has 1 aromatic carbocycles. The zero-order valence-corrected chi connectivity index (χ0v) is 11.2. The van der Waals surface area contributed by atoms with E-state index in [4.69, 9.17) is 4.74 Å². The van der Waals surface area contributed by atoms with Gasteiger partial charge in [0.05, 0.1) is 7.11 Å². The molecule has 0 spiro atoms. The van der Waals surface area contributed by atoms with Gasteiger partial charge in [-0.3, -0.25) is 9.59 Å². The molecule has 18 heavy (non-hydrogen) atoms. The Morgan fingerprint density at radius 2 is 1.72 bits per heavy atom. The van der Waals surface area contributed by atoms with Crippen LogP contribution in [0.4, 0.5) is 0 Å². The van der Waals surface area contributed by atoms with Crippen molar-refractivity contribution in [1.29, 1.82) is 0 Å². The average Bonchev–Trinajstić information content (AvgIpc) is 2.28. The van der Waals surface area contributed by atoms with E-state index in [1.165, 1.54) is 7.11 Å². The van der Waals surface area contributed by atoms with Crippen molar-refractivity contribution in [3.63, 3.8) is 0 Å². The smallest absolute Gasteiger partial charge is 0.322 e. The Labute approximate surface area is 107 Å². The van der Waals surface area contributed by atoms with Crippen LogP contribution in [0.3, 0.4) is 0 Å². The predicted octanol–water partition coefficient (Wildman–Crippen LogP) is 1.86. The van der Waals surface area contributed by atoms with Crippen LogP contribution < -0.4 is 5.32 Å². The summed E-state index contributed by atoms with van der Waals surface area (Å²) in [6.45, 7) is 5.60. The van der Waals surface area contributed by atoms with Gasteiger partial charge in [0.1, 0.15) is 0 Å². The largest absolute Gasteiger partial charge is 0.468 e. The van der Waals surface area contributed by atoms with Gasteiger partial charge in [0.15, 0.2) is 5.92 Å². The molecular weight excluding hydrogens is 230 g/mol. The van der Waals surface area contributed by atoms with Crippen LogP contribution in [0, 0.1) is 0 Å². The first-order chi connectivity index (χ1) is 8.35. The van der Waals surface area contributed by atoms with Crippen molar-refractivity contribution in [2.24, 2.45) is 0 Å². The van der Waals surface area contributed by atoms with Gasteiger partial charge in [-0.15, -0.1) is 0 Å². The summed E-state index contributed by atoms with van der Waals surface area (Å²) in [5, 5.41) is 2.79. The SMILES string of the molecule is COC(=O)C(C(=O)NC(C)(C)C)c1ccccc1. The van der Waals surface area contributed by atoms with Gasteiger partial charge in [-0.05, 0) is 26.3 Å². The number of carbonyl (C=O) groups is 2. The van der Waals surface area contributed by atoms with Crippen LogP contribution in [0.1, 0.15) is 32.3 Å². The second-order valence-electron chi connectivity index (χ2n) is 5.11. The summed E-state index contributed by atoms with van der Waals surface area (Å²) in [6, 6.07) is 8.89. The molecule has 98 valence electrons. The maximum atomic E-state index is 12.1. The number of ether oxygens (including phenoxy) is 1. The first kappa shape index (κ1) is 14.2. The van der Waals surface area contributed by atoms with E-state index in [-0.39, 0.29) is 5.91 Å². The van der Waals surface area contributed by atoms with Crippen molar-refractivity contribution in [2.75, 3.05) is 7.11 Å². The van der Waals surface area contributed by atoms with Crippen molar-refractivity contribution in [1.82, 2.24) is 5.32 Å². The zero-order valence-electron chi connectivity index (χ0n) is 11.2. The summed E-state index contributed by atoms with van der Waals surface area (Å²) in [6.07, 6.45) is 0. The number of rotatable bonds is 3. The topological polar surface area (TPSA) is 55.4 Å². The summed E-state index contributed by atoms with van der Waals surface area (Å²) in [7, 11) is 1.28. The third-order valence-corrected chi connectivity index (χ3v) is 2.33.